The van der Waals surface area contributed by atoms with Crippen molar-refractivity contribution in [3.05, 3.63) is 0 Å². The zero-order valence-electron chi connectivity index (χ0n) is 4.94. The van der Waals surface area contributed by atoms with E-state index in [4.69, 9.17) is 15.3 Å². The van der Waals surface area contributed by atoms with Crippen LogP contribution in [0, 0.1) is 0 Å². The molecular formula is C4H7NO5. The van der Waals surface area contributed by atoms with Crippen molar-refractivity contribution in [1.82, 2.24) is 0 Å². The Labute approximate surface area is 55.9 Å². The molecule has 5 N–H and O–H groups in total. The maximum Gasteiger partial charge on any atom is 0.351 e. The van der Waals surface area contributed by atoms with Gasteiger partial charge in [0.1, 0.15) is 0 Å². The van der Waals surface area contributed by atoms with Crippen LogP contribution in [0.15, 0.2) is 0 Å². The first-order valence-corrected chi connectivity index (χ1v) is 2.32. The second-order valence-electron chi connectivity index (χ2n) is 1.80. The van der Waals surface area contributed by atoms with Gasteiger partial charge < -0.3 is 15.3 Å². The van der Waals surface area contributed by atoms with Crippen LogP contribution in [0.4, 0.5) is 0 Å². The quantitative estimate of drug-likeness (QED) is 0.351. The number of rotatable bonds is 3. The highest BCUT2D eigenvalue weighted by molar-refractivity contribution is 5.82. The van der Waals surface area contributed by atoms with Crippen molar-refractivity contribution in [2.24, 2.45) is 5.73 Å². The molecule has 0 radical (unpaired) electrons. The van der Waals surface area contributed by atoms with Gasteiger partial charge in [0.2, 0.25) is 5.72 Å². The molecule has 10 heavy (non-hydrogen) atoms. The highest BCUT2D eigenvalue weighted by Crippen LogP contribution is 2.00. The third-order valence-corrected chi connectivity index (χ3v) is 0.791. The van der Waals surface area contributed by atoms with Gasteiger partial charge in [0, 0.05) is 0 Å². The first kappa shape index (κ1) is 8.86. The van der Waals surface area contributed by atoms with Crippen LogP contribution < -0.4 is 5.73 Å². The van der Waals surface area contributed by atoms with Gasteiger partial charge in [0.15, 0.2) is 0 Å². The molecule has 0 fully saturated rings. The van der Waals surface area contributed by atoms with Crippen LogP contribution in [0.5, 0.6) is 0 Å². The fourth-order valence-corrected chi connectivity index (χ4v) is 0.306. The van der Waals surface area contributed by atoms with Crippen LogP contribution in [0.25, 0.3) is 0 Å². The number of hydrogen-bond acceptors (Lipinski definition) is 4. The largest absolute Gasteiger partial charge is 0.481 e. The van der Waals surface area contributed by atoms with Crippen molar-refractivity contribution in [3.8, 4) is 0 Å². The van der Waals surface area contributed by atoms with E-state index in [1.165, 1.54) is 0 Å². The van der Waals surface area contributed by atoms with Gasteiger partial charge in [-0.3, -0.25) is 10.5 Å². The first-order valence-electron chi connectivity index (χ1n) is 2.32. The molecule has 0 spiro atoms. The minimum absolute atomic E-state index is 1.01. The van der Waals surface area contributed by atoms with Gasteiger partial charge in [0.05, 0.1) is 6.42 Å². The van der Waals surface area contributed by atoms with Gasteiger partial charge in [-0.15, -0.1) is 0 Å². The minimum atomic E-state index is -2.66. The van der Waals surface area contributed by atoms with Gasteiger partial charge in [-0.05, 0) is 0 Å². The van der Waals surface area contributed by atoms with Crippen LogP contribution in [0.2, 0.25) is 0 Å². The summed E-state index contributed by atoms with van der Waals surface area (Å²) in [7, 11) is 0. The molecule has 0 unspecified atom stereocenters. The highest BCUT2D eigenvalue weighted by Gasteiger charge is 2.33. The Kier molecular flexibility index (Phi) is 2.33. The number of hydrogen-bond donors (Lipinski definition) is 4. The van der Waals surface area contributed by atoms with E-state index in [0.29, 0.717) is 0 Å². The van der Waals surface area contributed by atoms with Gasteiger partial charge in [0.25, 0.3) is 0 Å². The molecule has 6 nitrogen and oxygen atoms in total. The number of carboxylic acid groups (broad SMARTS) is 2. The predicted molar refractivity (Wildman–Crippen MR) is 29.0 cm³/mol. The van der Waals surface area contributed by atoms with E-state index >= 15 is 0 Å². The van der Waals surface area contributed by atoms with E-state index in [9.17, 15) is 9.59 Å². The molecule has 0 saturated heterocycles. The molecule has 0 aromatic carbocycles. The molecule has 6 heteroatoms. The zero-order chi connectivity index (χ0) is 8.36. The fourth-order valence-electron chi connectivity index (χ4n) is 0.306. The lowest BCUT2D eigenvalue weighted by Gasteiger charge is -2.13. The molecular weight excluding hydrogens is 142 g/mol. The van der Waals surface area contributed by atoms with Crippen LogP contribution in [-0.2, 0) is 9.59 Å². The van der Waals surface area contributed by atoms with E-state index < -0.39 is 24.1 Å². The summed E-state index contributed by atoms with van der Waals surface area (Å²) in [4.78, 5) is 19.7. The Morgan fingerprint density at radius 2 is 1.80 bits per heavy atom. The van der Waals surface area contributed by atoms with E-state index in [-0.39, 0.29) is 0 Å². The van der Waals surface area contributed by atoms with E-state index in [1.807, 2.05) is 0 Å². The lowest BCUT2D eigenvalue weighted by atomic mass is 10.2. The summed E-state index contributed by atoms with van der Waals surface area (Å²) in [5, 5.41) is 24.6. The van der Waals surface area contributed by atoms with Crippen LogP contribution in [-0.4, -0.2) is 33.0 Å². The van der Waals surface area contributed by atoms with Crippen molar-refractivity contribution >= 4 is 11.9 Å². The monoisotopic (exact) mass is 149 g/mol. The van der Waals surface area contributed by atoms with Crippen molar-refractivity contribution in [3.63, 3.8) is 0 Å². The van der Waals surface area contributed by atoms with E-state index in [1.54, 1.807) is 0 Å². The standard InChI is InChI=1S/C4H7NO5/c5-4(10,3(8)9)1-2(6)7/h10H,1,5H2,(H,6,7)(H,8,9)/t4-/m0/s1. The Bertz CT molecular complexity index is 163. The third kappa shape index (κ3) is 2.42. The van der Waals surface area contributed by atoms with E-state index in [2.05, 4.69) is 5.73 Å². The molecule has 0 bridgehead atoms. The number of carboxylic acids is 2. The van der Waals surface area contributed by atoms with Gasteiger partial charge >= 0.3 is 11.9 Å². The number of carbonyl (C=O) groups is 2. The van der Waals surface area contributed by atoms with Crippen LogP contribution in [0.3, 0.4) is 0 Å². The summed E-state index contributed by atoms with van der Waals surface area (Å²) < 4.78 is 0. The number of aliphatic carboxylic acids is 2. The molecule has 0 aromatic heterocycles. The van der Waals surface area contributed by atoms with Crippen LogP contribution in [0.1, 0.15) is 6.42 Å². The smallest absolute Gasteiger partial charge is 0.351 e. The average Bonchev–Trinajstić information content (AvgIpc) is 1.60. The maximum absolute atomic E-state index is 9.92. The van der Waals surface area contributed by atoms with Crippen molar-refractivity contribution in [2.75, 3.05) is 0 Å². The second-order valence-corrected chi connectivity index (χ2v) is 1.80. The molecule has 58 valence electrons. The lowest BCUT2D eigenvalue weighted by molar-refractivity contribution is -0.164. The summed E-state index contributed by atoms with van der Waals surface area (Å²) in [6.07, 6.45) is -1.01. The fraction of sp³-hybridized carbons (Fsp3) is 0.500. The Morgan fingerprint density at radius 1 is 1.40 bits per heavy atom. The Balaban J connectivity index is 4.13. The molecule has 0 aliphatic carbocycles. The normalized spacial score (nSPS) is 15.8. The molecule has 0 rings (SSSR count). The maximum atomic E-state index is 9.92. The predicted octanol–water partition coefficient (Wildman–Crippen LogP) is -1.81. The first-order chi connectivity index (χ1) is 4.36. The molecule has 0 aliphatic rings. The Hall–Kier alpha value is -1.14. The molecule has 0 heterocycles. The summed E-state index contributed by atoms with van der Waals surface area (Å²) in [5.74, 6) is -3.22. The minimum Gasteiger partial charge on any atom is -0.481 e. The summed E-state index contributed by atoms with van der Waals surface area (Å²) in [5.41, 5.74) is 1.97. The molecule has 1 atom stereocenters. The van der Waals surface area contributed by atoms with Gasteiger partial charge in [-0.25, -0.2) is 4.79 Å². The SMILES string of the molecule is N[C@](O)(CC(=O)O)C(=O)O. The van der Waals surface area contributed by atoms with Gasteiger partial charge in [-0.1, -0.05) is 0 Å². The summed E-state index contributed by atoms with van der Waals surface area (Å²) >= 11 is 0. The highest BCUT2D eigenvalue weighted by atomic mass is 16.4. The number of nitrogens with two attached hydrogens (primary N) is 1. The van der Waals surface area contributed by atoms with Crippen molar-refractivity contribution in [2.45, 2.75) is 12.1 Å². The van der Waals surface area contributed by atoms with E-state index in [0.717, 1.165) is 0 Å². The van der Waals surface area contributed by atoms with Crippen molar-refractivity contribution in [1.29, 1.82) is 0 Å². The van der Waals surface area contributed by atoms with Crippen molar-refractivity contribution < 1.29 is 24.9 Å². The Morgan fingerprint density at radius 3 is 1.90 bits per heavy atom. The third-order valence-electron chi connectivity index (χ3n) is 0.791. The second kappa shape index (κ2) is 2.63. The topological polar surface area (TPSA) is 121 Å². The molecule has 0 saturated carbocycles. The zero-order valence-corrected chi connectivity index (χ0v) is 4.94. The molecule has 0 amide bonds. The summed E-state index contributed by atoms with van der Waals surface area (Å²) in [6, 6.07) is 0. The molecule has 0 aliphatic heterocycles. The van der Waals surface area contributed by atoms with Crippen LogP contribution >= 0.6 is 0 Å². The van der Waals surface area contributed by atoms with Gasteiger partial charge in [-0.2, -0.15) is 0 Å². The lowest BCUT2D eigenvalue weighted by Crippen LogP contribution is -2.49. The average molecular weight is 149 g/mol. The molecule has 0 aromatic rings. The summed E-state index contributed by atoms with van der Waals surface area (Å²) in [6.45, 7) is 0. The number of aliphatic hydroxyl groups is 1.